The maximum absolute atomic E-state index is 12.6. The SMILES string of the molecule is CCN(CC)C(=O)c1cccc(Nc2ncc(-c3cn[nH]c3)n3ncnc23)c1. The van der Waals surface area contributed by atoms with Crippen molar-refractivity contribution in [3.8, 4) is 11.3 Å². The fourth-order valence-corrected chi connectivity index (χ4v) is 3.05. The van der Waals surface area contributed by atoms with E-state index in [2.05, 4.69) is 30.6 Å². The Morgan fingerprint density at radius 3 is 2.82 bits per heavy atom. The molecule has 0 aliphatic carbocycles. The summed E-state index contributed by atoms with van der Waals surface area (Å²) in [6.07, 6.45) is 6.66. The lowest BCUT2D eigenvalue weighted by atomic mass is 10.1. The molecular formula is C19H20N8O. The van der Waals surface area contributed by atoms with Crippen LogP contribution in [-0.2, 0) is 0 Å². The van der Waals surface area contributed by atoms with E-state index in [4.69, 9.17) is 0 Å². The molecule has 9 heteroatoms. The summed E-state index contributed by atoms with van der Waals surface area (Å²) in [6, 6.07) is 7.37. The minimum atomic E-state index is 0.00420. The maximum Gasteiger partial charge on any atom is 0.253 e. The van der Waals surface area contributed by atoms with Crippen LogP contribution in [0.2, 0.25) is 0 Å². The van der Waals surface area contributed by atoms with Crippen molar-refractivity contribution < 1.29 is 4.79 Å². The molecule has 4 rings (SSSR count). The number of nitrogens with zero attached hydrogens (tertiary/aromatic N) is 6. The van der Waals surface area contributed by atoms with Crippen molar-refractivity contribution in [3.63, 3.8) is 0 Å². The van der Waals surface area contributed by atoms with E-state index < -0.39 is 0 Å². The quantitative estimate of drug-likeness (QED) is 0.536. The van der Waals surface area contributed by atoms with Crippen molar-refractivity contribution in [1.82, 2.24) is 34.7 Å². The van der Waals surface area contributed by atoms with E-state index in [1.165, 1.54) is 6.33 Å². The smallest absolute Gasteiger partial charge is 0.253 e. The Hall–Kier alpha value is -3.75. The number of anilines is 2. The number of aromatic nitrogens is 6. The summed E-state index contributed by atoms with van der Waals surface area (Å²) in [6.45, 7) is 5.28. The van der Waals surface area contributed by atoms with E-state index >= 15 is 0 Å². The van der Waals surface area contributed by atoms with E-state index in [9.17, 15) is 4.79 Å². The number of H-pyrrole nitrogens is 1. The number of nitrogens with one attached hydrogen (secondary N) is 2. The molecule has 9 nitrogen and oxygen atoms in total. The molecule has 142 valence electrons. The predicted molar refractivity (Wildman–Crippen MR) is 105 cm³/mol. The number of hydrogen-bond acceptors (Lipinski definition) is 6. The highest BCUT2D eigenvalue weighted by Gasteiger charge is 2.15. The normalized spacial score (nSPS) is 10.9. The third kappa shape index (κ3) is 3.18. The van der Waals surface area contributed by atoms with Crippen LogP contribution in [0.1, 0.15) is 24.2 Å². The minimum absolute atomic E-state index is 0.00420. The number of hydrogen-bond donors (Lipinski definition) is 2. The van der Waals surface area contributed by atoms with Gasteiger partial charge in [-0.25, -0.2) is 14.5 Å². The third-order valence-corrected chi connectivity index (χ3v) is 4.52. The zero-order valence-corrected chi connectivity index (χ0v) is 15.6. The molecule has 0 aliphatic heterocycles. The summed E-state index contributed by atoms with van der Waals surface area (Å²) in [7, 11) is 0. The summed E-state index contributed by atoms with van der Waals surface area (Å²) in [5.74, 6) is 0.557. The molecule has 1 amide bonds. The highest BCUT2D eigenvalue weighted by molar-refractivity contribution is 5.95. The monoisotopic (exact) mass is 376 g/mol. The Kier molecular flexibility index (Phi) is 4.71. The van der Waals surface area contributed by atoms with E-state index in [0.29, 0.717) is 30.1 Å². The molecule has 3 heterocycles. The van der Waals surface area contributed by atoms with E-state index in [-0.39, 0.29) is 5.91 Å². The topological polar surface area (TPSA) is 104 Å². The van der Waals surface area contributed by atoms with Crippen LogP contribution < -0.4 is 5.32 Å². The van der Waals surface area contributed by atoms with Gasteiger partial charge in [0.25, 0.3) is 5.91 Å². The van der Waals surface area contributed by atoms with E-state index in [1.54, 1.807) is 28.0 Å². The van der Waals surface area contributed by atoms with Crippen molar-refractivity contribution in [1.29, 1.82) is 0 Å². The predicted octanol–water partition coefficient (Wildman–Crippen LogP) is 2.74. The van der Waals surface area contributed by atoms with Crippen LogP contribution in [0.25, 0.3) is 16.9 Å². The van der Waals surface area contributed by atoms with Gasteiger partial charge in [0.15, 0.2) is 11.5 Å². The number of rotatable bonds is 6. The van der Waals surface area contributed by atoms with E-state index in [1.807, 2.05) is 38.1 Å². The molecule has 0 unspecified atom stereocenters. The second kappa shape index (κ2) is 7.47. The Bertz CT molecular complexity index is 1100. The fourth-order valence-electron chi connectivity index (χ4n) is 3.05. The molecule has 28 heavy (non-hydrogen) atoms. The minimum Gasteiger partial charge on any atom is -0.339 e. The maximum atomic E-state index is 12.6. The van der Waals surface area contributed by atoms with Crippen LogP contribution in [0.15, 0.2) is 49.2 Å². The second-order valence-electron chi connectivity index (χ2n) is 6.16. The largest absolute Gasteiger partial charge is 0.339 e. The fraction of sp³-hybridized carbons (Fsp3) is 0.211. The first-order chi connectivity index (χ1) is 13.7. The second-order valence-corrected chi connectivity index (χ2v) is 6.16. The lowest BCUT2D eigenvalue weighted by Crippen LogP contribution is -2.30. The van der Waals surface area contributed by atoms with Crippen LogP contribution in [0.4, 0.5) is 11.5 Å². The van der Waals surface area contributed by atoms with E-state index in [0.717, 1.165) is 16.9 Å². The number of amides is 1. The molecule has 1 aromatic carbocycles. The zero-order valence-electron chi connectivity index (χ0n) is 15.6. The number of carbonyl (C=O) groups is 1. The Morgan fingerprint density at radius 2 is 2.07 bits per heavy atom. The summed E-state index contributed by atoms with van der Waals surface area (Å²) < 4.78 is 1.70. The molecule has 0 spiro atoms. The summed E-state index contributed by atoms with van der Waals surface area (Å²) >= 11 is 0. The third-order valence-electron chi connectivity index (χ3n) is 4.52. The summed E-state index contributed by atoms with van der Waals surface area (Å²) in [5.41, 5.74) is 3.60. The van der Waals surface area contributed by atoms with Crippen LogP contribution in [0.3, 0.4) is 0 Å². The van der Waals surface area contributed by atoms with Gasteiger partial charge in [0.05, 0.1) is 18.1 Å². The van der Waals surface area contributed by atoms with Crippen molar-refractivity contribution in [3.05, 3.63) is 54.7 Å². The molecular weight excluding hydrogens is 356 g/mol. The molecule has 0 radical (unpaired) electrons. The summed E-state index contributed by atoms with van der Waals surface area (Å²) in [4.78, 5) is 23.2. The number of fused-ring (bicyclic) bond motifs is 1. The Labute approximate surface area is 161 Å². The zero-order chi connectivity index (χ0) is 19.5. The number of benzene rings is 1. The molecule has 0 saturated carbocycles. The first-order valence-electron chi connectivity index (χ1n) is 9.05. The molecule has 4 aromatic rings. The highest BCUT2D eigenvalue weighted by Crippen LogP contribution is 2.24. The molecule has 3 aromatic heterocycles. The number of aromatic amines is 1. The van der Waals surface area contributed by atoms with Crippen molar-refractivity contribution in [2.24, 2.45) is 0 Å². The Morgan fingerprint density at radius 1 is 1.21 bits per heavy atom. The highest BCUT2D eigenvalue weighted by atomic mass is 16.2. The molecule has 0 fully saturated rings. The van der Waals surface area contributed by atoms with Crippen LogP contribution in [0.5, 0.6) is 0 Å². The van der Waals surface area contributed by atoms with Crippen molar-refractivity contribution in [2.45, 2.75) is 13.8 Å². The van der Waals surface area contributed by atoms with Gasteiger partial charge in [0, 0.05) is 36.1 Å². The van der Waals surface area contributed by atoms with Gasteiger partial charge in [-0.15, -0.1) is 0 Å². The lowest BCUT2D eigenvalue weighted by Gasteiger charge is -2.19. The van der Waals surface area contributed by atoms with Crippen LogP contribution in [-0.4, -0.2) is 53.7 Å². The van der Waals surface area contributed by atoms with Gasteiger partial charge >= 0.3 is 0 Å². The van der Waals surface area contributed by atoms with Gasteiger partial charge in [0.2, 0.25) is 0 Å². The lowest BCUT2D eigenvalue weighted by molar-refractivity contribution is 0.0773. The molecule has 2 N–H and O–H groups in total. The Balaban J connectivity index is 1.66. The van der Waals surface area contributed by atoms with Crippen molar-refractivity contribution in [2.75, 3.05) is 18.4 Å². The standard InChI is InChI=1S/C19H20N8O/c1-3-26(4-2)19(28)13-6-5-7-15(8-13)25-17-18-21-12-24-27(18)16(11-20-17)14-9-22-23-10-14/h5-12H,3-4H2,1-2H3,(H,20,25)(H,22,23). The van der Waals surface area contributed by atoms with Crippen LogP contribution >= 0.6 is 0 Å². The van der Waals surface area contributed by atoms with Gasteiger partial charge in [0.1, 0.15) is 6.33 Å². The van der Waals surface area contributed by atoms with Crippen molar-refractivity contribution >= 4 is 23.1 Å². The number of carbonyl (C=O) groups excluding carboxylic acids is 1. The van der Waals surface area contributed by atoms with Gasteiger partial charge < -0.3 is 10.2 Å². The van der Waals surface area contributed by atoms with Crippen LogP contribution in [0, 0.1) is 0 Å². The van der Waals surface area contributed by atoms with Gasteiger partial charge in [-0.2, -0.15) is 10.2 Å². The molecule has 0 saturated heterocycles. The van der Waals surface area contributed by atoms with Gasteiger partial charge in [-0.05, 0) is 32.0 Å². The van der Waals surface area contributed by atoms with Gasteiger partial charge in [-0.3, -0.25) is 9.89 Å². The first-order valence-corrected chi connectivity index (χ1v) is 9.05. The van der Waals surface area contributed by atoms with Gasteiger partial charge in [-0.1, -0.05) is 6.07 Å². The average Bonchev–Trinajstić information content (AvgIpc) is 3.42. The molecule has 0 aliphatic rings. The molecule has 0 atom stereocenters. The first kappa shape index (κ1) is 17.7. The summed E-state index contributed by atoms with van der Waals surface area (Å²) in [5, 5.41) is 14.3. The average molecular weight is 376 g/mol. The molecule has 0 bridgehead atoms.